The van der Waals surface area contributed by atoms with Crippen molar-refractivity contribution in [2.75, 3.05) is 6.61 Å². The van der Waals surface area contributed by atoms with Gasteiger partial charge >= 0.3 is 24.3 Å². The van der Waals surface area contributed by atoms with Crippen LogP contribution in [0.1, 0.15) is 11.1 Å². The van der Waals surface area contributed by atoms with Crippen LogP contribution in [0.3, 0.4) is 0 Å². The van der Waals surface area contributed by atoms with Gasteiger partial charge in [-0.15, -0.1) is 0 Å². The molecule has 1 fully saturated rings. The van der Waals surface area contributed by atoms with Gasteiger partial charge in [0.15, 0.2) is 0 Å². The Morgan fingerprint density at radius 1 is 0.848 bits per heavy atom. The molecule has 2 aromatic rings. The molecule has 0 aliphatic carbocycles. The molecule has 0 saturated carbocycles. The fourth-order valence-corrected chi connectivity index (χ4v) is 2.24. The number of hydrogen-bond acceptors (Lipinski definition) is 5. The molecule has 5 nitrogen and oxygen atoms in total. The van der Waals surface area contributed by atoms with Crippen LogP contribution >= 0.6 is 0 Å². The van der Waals surface area contributed by atoms with Crippen molar-refractivity contribution in [2.24, 2.45) is 0 Å². The van der Waals surface area contributed by atoms with E-state index in [1.807, 2.05) is 0 Å². The maximum Gasteiger partial charge on any atom is 0.430 e. The molecule has 1 saturated heterocycles. The van der Waals surface area contributed by atoms with Crippen LogP contribution in [0.5, 0.6) is 0 Å². The van der Waals surface area contributed by atoms with Gasteiger partial charge in [0.05, 0.1) is 6.61 Å². The molecular weight excluding hydrogens is 458 g/mol. The van der Waals surface area contributed by atoms with Crippen LogP contribution < -0.4 is 0 Å². The molecule has 11 heteroatoms. The first-order valence-corrected chi connectivity index (χ1v) is 9.26. The topological polar surface area (TPSA) is 65.1 Å². The lowest BCUT2D eigenvalue weighted by molar-refractivity contribution is -0.204. The molecule has 3 rings (SSSR count). The number of epoxide rings is 1. The highest BCUT2D eigenvalue weighted by molar-refractivity contribution is 5.89. The Morgan fingerprint density at radius 2 is 1.27 bits per heavy atom. The molecule has 1 heterocycles. The maximum absolute atomic E-state index is 12.4. The minimum absolute atomic E-state index is 0.194. The Bertz CT molecular complexity index is 951. The molecular formula is C22H18F6O5. The van der Waals surface area contributed by atoms with Gasteiger partial charge in [0.2, 0.25) is 0 Å². The molecule has 178 valence electrons. The standard InChI is InChI=1S/C11H9F3O3.C11H9F3O2/c12-11(13,14)10(7-17-10)9(15)16-6-8-4-2-1-3-5-8;1-8(11(12,13)14)10(15)16-7-9-5-3-2-4-6-9/h1-5H,6-7H2;2-6H,1,7H2. The van der Waals surface area contributed by atoms with Crippen LogP contribution in [0.25, 0.3) is 0 Å². The fraction of sp³-hybridized carbons (Fsp3) is 0.273. The number of esters is 2. The van der Waals surface area contributed by atoms with Crippen molar-refractivity contribution in [3.63, 3.8) is 0 Å². The molecule has 0 spiro atoms. The van der Waals surface area contributed by atoms with Crippen molar-refractivity contribution in [1.82, 2.24) is 0 Å². The summed E-state index contributed by atoms with van der Waals surface area (Å²) < 4.78 is 86.7. The van der Waals surface area contributed by atoms with Crippen molar-refractivity contribution in [1.29, 1.82) is 0 Å². The average molecular weight is 476 g/mol. The summed E-state index contributed by atoms with van der Waals surface area (Å²) in [4.78, 5) is 22.2. The lowest BCUT2D eigenvalue weighted by atomic mass is 10.1. The summed E-state index contributed by atoms with van der Waals surface area (Å²) in [7, 11) is 0. The zero-order chi connectivity index (χ0) is 24.7. The SMILES string of the molecule is C=C(C(=O)OCc1ccccc1)C(F)(F)F.O=C(OCc1ccccc1)C1(C(F)(F)F)CO1. The molecule has 1 atom stereocenters. The van der Waals surface area contributed by atoms with Crippen LogP contribution in [-0.4, -0.2) is 36.5 Å². The number of halogens is 6. The molecule has 2 aromatic carbocycles. The van der Waals surface area contributed by atoms with Gasteiger partial charge in [0.1, 0.15) is 18.8 Å². The van der Waals surface area contributed by atoms with Gasteiger partial charge < -0.3 is 14.2 Å². The lowest BCUT2D eigenvalue weighted by Crippen LogP contribution is -2.41. The van der Waals surface area contributed by atoms with Gasteiger partial charge in [0, 0.05) is 0 Å². The monoisotopic (exact) mass is 476 g/mol. The number of hydrogen-bond donors (Lipinski definition) is 0. The largest absolute Gasteiger partial charge is 0.458 e. The highest BCUT2D eigenvalue weighted by Crippen LogP contribution is 2.44. The van der Waals surface area contributed by atoms with Gasteiger partial charge in [-0.25, -0.2) is 9.59 Å². The van der Waals surface area contributed by atoms with E-state index in [4.69, 9.17) is 0 Å². The van der Waals surface area contributed by atoms with Gasteiger partial charge in [0.25, 0.3) is 5.60 Å². The van der Waals surface area contributed by atoms with E-state index in [0.717, 1.165) is 0 Å². The third-order valence-corrected chi connectivity index (χ3v) is 4.23. The van der Waals surface area contributed by atoms with Crippen molar-refractivity contribution in [3.8, 4) is 0 Å². The molecule has 1 unspecified atom stereocenters. The number of carbonyl (C=O) groups is 2. The summed E-state index contributed by atoms with van der Waals surface area (Å²) in [5, 5.41) is 0. The number of ether oxygens (including phenoxy) is 3. The molecule has 0 N–H and O–H groups in total. The van der Waals surface area contributed by atoms with E-state index in [9.17, 15) is 35.9 Å². The predicted octanol–water partition coefficient (Wildman–Crippen LogP) is 4.91. The van der Waals surface area contributed by atoms with E-state index in [2.05, 4.69) is 20.8 Å². The first-order chi connectivity index (χ1) is 15.4. The quantitative estimate of drug-likeness (QED) is 0.257. The number of rotatable bonds is 6. The van der Waals surface area contributed by atoms with Gasteiger partial charge in [-0.2, -0.15) is 26.3 Å². The molecule has 0 bridgehead atoms. The first-order valence-electron chi connectivity index (χ1n) is 9.26. The smallest absolute Gasteiger partial charge is 0.430 e. The Balaban J connectivity index is 0.000000234. The van der Waals surface area contributed by atoms with E-state index in [0.29, 0.717) is 11.1 Å². The maximum atomic E-state index is 12.4. The summed E-state index contributed by atoms with van der Waals surface area (Å²) in [5.41, 5.74) is -2.99. The zero-order valence-electron chi connectivity index (χ0n) is 16.9. The zero-order valence-corrected chi connectivity index (χ0v) is 16.9. The molecule has 1 aliphatic heterocycles. The van der Waals surface area contributed by atoms with E-state index in [1.165, 1.54) is 0 Å². The van der Waals surface area contributed by atoms with Gasteiger partial charge in [-0.3, -0.25) is 0 Å². The highest BCUT2D eigenvalue weighted by Gasteiger charge is 2.73. The Morgan fingerprint density at radius 3 is 1.64 bits per heavy atom. The number of benzene rings is 2. The Kier molecular flexibility index (Phi) is 8.26. The molecule has 0 aromatic heterocycles. The van der Waals surface area contributed by atoms with E-state index >= 15 is 0 Å². The average Bonchev–Trinajstić information content (AvgIpc) is 3.59. The first kappa shape index (κ1) is 25.9. The van der Waals surface area contributed by atoms with Crippen LogP contribution in [0.4, 0.5) is 26.3 Å². The number of carbonyl (C=O) groups excluding carboxylic acids is 2. The summed E-state index contributed by atoms with van der Waals surface area (Å²) in [6, 6.07) is 16.9. The normalized spacial score (nSPS) is 17.3. The molecule has 1 aliphatic rings. The van der Waals surface area contributed by atoms with Crippen LogP contribution in [0, 0.1) is 0 Å². The second kappa shape index (κ2) is 10.5. The van der Waals surface area contributed by atoms with Crippen molar-refractivity contribution < 1.29 is 50.1 Å². The minimum atomic E-state index is -4.74. The molecule has 0 amide bonds. The summed E-state index contributed by atoms with van der Waals surface area (Å²) in [5.74, 6) is -2.83. The van der Waals surface area contributed by atoms with E-state index in [1.54, 1.807) is 60.7 Å². The van der Waals surface area contributed by atoms with Crippen LogP contribution in [-0.2, 0) is 37.0 Å². The lowest BCUT2D eigenvalue weighted by Gasteiger charge is -2.14. The van der Waals surface area contributed by atoms with Crippen molar-refractivity contribution in [2.45, 2.75) is 31.2 Å². The second-order valence-corrected chi connectivity index (χ2v) is 6.71. The van der Waals surface area contributed by atoms with Crippen LogP contribution in [0.15, 0.2) is 72.8 Å². The highest BCUT2D eigenvalue weighted by atomic mass is 19.4. The summed E-state index contributed by atoms with van der Waals surface area (Å²) in [6.07, 6.45) is -9.46. The third kappa shape index (κ3) is 7.35. The third-order valence-electron chi connectivity index (χ3n) is 4.23. The molecule has 33 heavy (non-hydrogen) atoms. The van der Waals surface area contributed by atoms with Crippen molar-refractivity contribution >= 4 is 11.9 Å². The summed E-state index contributed by atoms with van der Waals surface area (Å²) >= 11 is 0. The molecule has 0 radical (unpaired) electrons. The number of alkyl halides is 6. The minimum Gasteiger partial charge on any atom is -0.458 e. The predicted molar refractivity (Wildman–Crippen MR) is 102 cm³/mol. The van der Waals surface area contributed by atoms with E-state index in [-0.39, 0.29) is 13.2 Å². The summed E-state index contributed by atoms with van der Waals surface area (Å²) in [6.45, 7) is 1.58. The van der Waals surface area contributed by atoms with Gasteiger partial charge in [-0.1, -0.05) is 67.2 Å². The fourth-order valence-electron chi connectivity index (χ4n) is 2.24. The van der Waals surface area contributed by atoms with E-state index < -0.39 is 42.1 Å². The Hall–Kier alpha value is -3.34. The van der Waals surface area contributed by atoms with Gasteiger partial charge in [-0.05, 0) is 11.1 Å². The van der Waals surface area contributed by atoms with Crippen molar-refractivity contribution in [3.05, 3.63) is 83.9 Å². The van der Waals surface area contributed by atoms with Crippen LogP contribution in [0.2, 0.25) is 0 Å². The Labute approximate surface area is 184 Å². The second-order valence-electron chi connectivity index (χ2n) is 6.71.